The van der Waals surface area contributed by atoms with E-state index in [4.69, 9.17) is 10.5 Å². The Morgan fingerprint density at radius 3 is 2.46 bits per heavy atom. The van der Waals surface area contributed by atoms with Gasteiger partial charge in [-0.1, -0.05) is 12.1 Å². The molecule has 72 valence electrons. The van der Waals surface area contributed by atoms with Gasteiger partial charge in [0.25, 0.3) is 0 Å². The van der Waals surface area contributed by atoms with Crippen LogP contribution in [0.3, 0.4) is 0 Å². The van der Waals surface area contributed by atoms with E-state index in [1.165, 1.54) is 6.07 Å². The Hall–Kier alpha value is -1.09. The maximum atomic E-state index is 13.0. The standard InChI is InChI=1S/C10H14FNO/c1-7(12)8(2)13-10-6-4-3-5-9(10)11/h3-8H,12H2,1-2H3/t7-,8?/m1/s1. The van der Waals surface area contributed by atoms with E-state index in [-0.39, 0.29) is 23.7 Å². The number of para-hydroxylation sites is 1. The zero-order valence-electron chi connectivity index (χ0n) is 7.83. The average Bonchev–Trinajstić information content (AvgIpc) is 2.08. The minimum atomic E-state index is -0.352. The van der Waals surface area contributed by atoms with Crippen LogP contribution < -0.4 is 10.5 Å². The monoisotopic (exact) mass is 183 g/mol. The third-order valence-electron chi connectivity index (χ3n) is 1.89. The summed E-state index contributed by atoms with van der Waals surface area (Å²) in [6.45, 7) is 3.64. The van der Waals surface area contributed by atoms with Gasteiger partial charge < -0.3 is 10.5 Å². The zero-order chi connectivity index (χ0) is 9.84. The number of nitrogens with two attached hydrogens (primary N) is 1. The van der Waals surface area contributed by atoms with Crippen LogP contribution in [-0.4, -0.2) is 12.1 Å². The van der Waals surface area contributed by atoms with Gasteiger partial charge in [-0.25, -0.2) is 4.39 Å². The molecule has 0 saturated carbocycles. The molecular weight excluding hydrogens is 169 g/mol. The molecule has 0 amide bonds. The fraction of sp³-hybridized carbons (Fsp3) is 0.400. The van der Waals surface area contributed by atoms with Crippen LogP contribution in [0.15, 0.2) is 24.3 Å². The highest BCUT2D eigenvalue weighted by Crippen LogP contribution is 2.17. The van der Waals surface area contributed by atoms with Crippen LogP contribution in [0, 0.1) is 5.82 Å². The number of ether oxygens (including phenoxy) is 1. The second-order valence-corrected chi connectivity index (χ2v) is 3.11. The van der Waals surface area contributed by atoms with Crippen molar-refractivity contribution in [1.82, 2.24) is 0 Å². The quantitative estimate of drug-likeness (QED) is 0.777. The molecule has 2 N–H and O–H groups in total. The maximum Gasteiger partial charge on any atom is 0.165 e. The summed E-state index contributed by atoms with van der Waals surface area (Å²) in [5.74, 6) is -0.0951. The Morgan fingerprint density at radius 1 is 1.31 bits per heavy atom. The molecule has 0 aliphatic carbocycles. The van der Waals surface area contributed by atoms with Gasteiger partial charge in [0.15, 0.2) is 11.6 Å². The largest absolute Gasteiger partial charge is 0.486 e. The summed E-state index contributed by atoms with van der Waals surface area (Å²) in [7, 11) is 0. The van der Waals surface area contributed by atoms with Gasteiger partial charge in [-0.3, -0.25) is 0 Å². The van der Waals surface area contributed by atoms with Crippen LogP contribution in [-0.2, 0) is 0 Å². The molecule has 2 atom stereocenters. The van der Waals surface area contributed by atoms with Crippen LogP contribution in [0.1, 0.15) is 13.8 Å². The minimum absolute atomic E-state index is 0.111. The van der Waals surface area contributed by atoms with Crippen molar-refractivity contribution in [3.05, 3.63) is 30.1 Å². The summed E-state index contributed by atoms with van der Waals surface area (Å²) in [6, 6.07) is 6.20. The Morgan fingerprint density at radius 2 is 1.92 bits per heavy atom. The molecule has 0 aromatic heterocycles. The van der Waals surface area contributed by atoms with E-state index in [9.17, 15) is 4.39 Å². The summed E-state index contributed by atoms with van der Waals surface area (Å²) >= 11 is 0. The number of benzene rings is 1. The minimum Gasteiger partial charge on any atom is -0.486 e. The lowest BCUT2D eigenvalue weighted by Crippen LogP contribution is -2.33. The molecule has 0 fully saturated rings. The van der Waals surface area contributed by atoms with Crippen molar-refractivity contribution >= 4 is 0 Å². The van der Waals surface area contributed by atoms with Crippen molar-refractivity contribution in [3.63, 3.8) is 0 Å². The van der Waals surface area contributed by atoms with Gasteiger partial charge >= 0.3 is 0 Å². The third kappa shape index (κ3) is 2.70. The Labute approximate surface area is 77.5 Å². The lowest BCUT2D eigenvalue weighted by molar-refractivity contribution is 0.188. The summed E-state index contributed by atoms with van der Waals surface area (Å²) in [5, 5.41) is 0. The topological polar surface area (TPSA) is 35.2 Å². The van der Waals surface area contributed by atoms with Crippen LogP contribution >= 0.6 is 0 Å². The van der Waals surface area contributed by atoms with Crippen LogP contribution in [0.25, 0.3) is 0 Å². The first kappa shape index (κ1) is 9.99. The smallest absolute Gasteiger partial charge is 0.165 e. The fourth-order valence-electron chi connectivity index (χ4n) is 0.848. The van der Waals surface area contributed by atoms with E-state index in [2.05, 4.69) is 0 Å². The summed E-state index contributed by atoms with van der Waals surface area (Å²) < 4.78 is 18.4. The van der Waals surface area contributed by atoms with Gasteiger partial charge in [-0.05, 0) is 26.0 Å². The van der Waals surface area contributed by atoms with E-state index in [0.29, 0.717) is 0 Å². The third-order valence-corrected chi connectivity index (χ3v) is 1.89. The van der Waals surface area contributed by atoms with Crippen LogP contribution in [0.5, 0.6) is 5.75 Å². The highest BCUT2D eigenvalue weighted by Gasteiger charge is 2.10. The molecule has 2 nitrogen and oxygen atoms in total. The first-order valence-corrected chi connectivity index (χ1v) is 4.28. The summed E-state index contributed by atoms with van der Waals surface area (Å²) in [5.41, 5.74) is 5.59. The molecule has 1 aromatic rings. The Balaban J connectivity index is 2.69. The molecule has 1 rings (SSSR count). The normalized spacial score (nSPS) is 15.1. The van der Waals surface area contributed by atoms with Crippen molar-refractivity contribution in [2.75, 3.05) is 0 Å². The van der Waals surface area contributed by atoms with Gasteiger partial charge in [0.1, 0.15) is 6.10 Å². The van der Waals surface area contributed by atoms with E-state index in [0.717, 1.165) is 0 Å². The molecular formula is C10H14FNO. The van der Waals surface area contributed by atoms with E-state index in [1.807, 2.05) is 13.8 Å². The van der Waals surface area contributed by atoms with Crippen LogP contribution in [0.2, 0.25) is 0 Å². The highest BCUT2D eigenvalue weighted by atomic mass is 19.1. The summed E-state index contributed by atoms with van der Waals surface area (Å²) in [4.78, 5) is 0. The van der Waals surface area contributed by atoms with Gasteiger partial charge in [-0.2, -0.15) is 0 Å². The van der Waals surface area contributed by atoms with E-state index in [1.54, 1.807) is 18.2 Å². The number of rotatable bonds is 3. The summed E-state index contributed by atoms with van der Waals surface area (Å²) in [6.07, 6.45) is -0.183. The first-order valence-electron chi connectivity index (χ1n) is 4.28. The molecule has 1 aromatic carbocycles. The van der Waals surface area contributed by atoms with Gasteiger partial charge in [0.05, 0.1) is 0 Å². The van der Waals surface area contributed by atoms with E-state index < -0.39 is 0 Å². The van der Waals surface area contributed by atoms with Crippen LogP contribution in [0.4, 0.5) is 4.39 Å². The second-order valence-electron chi connectivity index (χ2n) is 3.11. The molecule has 0 heterocycles. The SMILES string of the molecule is CC(Oc1ccccc1F)[C@@H](C)N. The molecule has 0 saturated heterocycles. The number of hydrogen-bond acceptors (Lipinski definition) is 2. The molecule has 13 heavy (non-hydrogen) atoms. The van der Waals surface area contributed by atoms with Gasteiger partial charge in [0, 0.05) is 6.04 Å². The Bertz CT molecular complexity index is 275. The zero-order valence-corrected chi connectivity index (χ0v) is 7.83. The van der Waals surface area contributed by atoms with Crippen molar-refractivity contribution < 1.29 is 9.13 Å². The predicted molar refractivity (Wildman–Crippen MR) is 50.1 cm³/mol. The maximum absolute atomic E-state index is 13.0. The molecule has 1 unspecified atom stereocenters. The molecule has 0 aliphatic rings. The van der Waals surface area contributed by atoms with Crippen molar-refractivity contribution in [3.8, 4) is 5.75 Å². The lowest BCUT2D eigenvalue weighted by atomic mass is 10.2. The molecule has 0 spiro atoms. The Kier molecular flexibility index (Phi) is 3.25. The lowest BCUT2D eigenvalue weighted by Gasteiger charge is -2.18. The molecule has 0 bridgehead atoms. The van der Waals surface area contributed by atoms with Crippen molar-refractivity contribution in [2.24, 2.45) is 5.73 Å². The van der Waals surface area contributed by atoms with Gasteiger partial charge in [0.2, 0.25) is 0 Å². The van der Waals surface area contributed by atoms with E-state index >= 15 is 0 Å². The van der Waals surface area contributed by atoms with Gasteiger partial charge in [-0.15, -0.1) is 0 Å². The first-order chi connectivity index (χ1) is 6.11. The van der Waals surface area contributed by atoms with Crippen molar-refractivity contribution in [1.29, 1.82) is 0 Å². The fourth-order valence-corrected chi connectivity index (χ4v) is 0.848. The molecule has 0 aliphatic heterocycles. The second kappa shape index (κ2) is 4.23. The molecule has 3 heteroatoms. The predicted octanol–water partition coefficient (Wildman–Crippen LogP) is 1.94. The highest BCUT2D eigenvalue weighted by molar-refractivity contribution is 5.23. The number of hydrogen-bond donors (Lipinski definition) is 1. The van der Waals surface area contributed by atoms with Crippen molar-refractivity contribution in [2.45, 2.75) is 26.0 Å². The molecule has 0 radical (unpaired) electrons. The number of halogens is 1. The average molecular weight is 183 g/mol.